The lowest BCUT2D eigenvalue weighted by molar-refractivity contribution is 0.0957. The van der Waals surface area contributed by atoms with Crippen molar-refractivity contribution in [1.82, 2.24) is 25.2 Å². The summed E-state index contributed by atoms with van der Waals surface area (Å²) in [5.74, 6) is -1.01. The van der Waals surface area contributed by atoms with Gasteiger partial charge < -0.3 is 15.2 Å². The first-order chi connectivity index (χ1) is 17.3. The van der Waals surface area contributed by atoms with Crippen LogP contribution in [0, 0.1) is 11.8 Å². The minimum absolute atomic E-state index is 0.0492. The van der Waals surface area contributed by atoms with Crippen LogP contribution in [0.2, 0.25) is 0 Å². The lowest BCUT2D eigenvalue weighted by atomic mass is 10.1. The van der Waals surface area contributed by atoms with E-state index in [1.807, 2.05) is 18.7 Å². The maximum atomic E-state index is 14.4. The van der Waals surface area contributed by atoms with Crippen LogP contribution in [-0.4, -0.2) is 65.5 Å². The van der Waals surface area contributed by atoms with Crippen LogP contribution in [0.15, 0.2) is 47.3 Å². The number of aryl methyl sites for hydroxylation is 1. The third kappa shape index (κ3) is 6.51. The number of anilines is 1. The number of benzene rings is 1. The van der Waals surface area contributed by atoms with Crippen molar-refractivity contribution in [2.24, 2.45) is 0 Å². The van der Waals surface area contributed by atoms with Crippen molar-refractivity contribution in [3.05, 3.63) is 76.1 Å². The molecule has 0 aliphatic carbocycles. The molecule has 0 radical (unpaired) electrons. The van der Waals surface area contributed by atoms with E-state index in [0.717, 1.165) is 18.7 Å². The summed E-state index contributed by atoms with van der Waals surface area (Å²) in [4.78, 5) is 38.9. The lowest BCUT2D eigenvalue weighted by Crippen LogP contribution is -2.47. The quantitative estimate of drug-likeness (QED) is 0.384. The first-order valence-corrected chi connectivity index (χ1v) is 12.0. The van der Waals surface area contributed by atoms with Crippen molar-refractivity contribution in [3.8, 4) is 0 Å². The zero-order chi connectivity index (χ0) is 26.2. The van der Waals surface area contributed by atoms with Gasteiger partial charge in [-0.3, -0.25) is 14.5 Å². The van der Waals surface area contributed by atoms with Crippen LogP contribution in [0.1, 0.15) is 36.6 Å². The monoisotopic (exact) mass is 498 g/mol. The third-order valence-corrected chi connectivity index (χ3v) is 5.88. The number of aromatic amines is 1. The second-order valence-electron chi connectivity index (χ2n) is 8.27. The van der Waals surface area contributed by atoms with E-state index < -0.39 is 17.7 Å². The van der Waals surface area contributed by atoms with Crippen molar-refractivity contribution in [1.29, 1.82) is 0 Å². The number of carbonyl (C=O) groups excluding carboxylic acids is 1. The molecule has 1 aliphatic rings. The first kappa shape index (κ1) is 26.9. The average molecular weight is 499 g/mol. The van der Waals surface area contributed by atoms with Gasteiger partial charge in [0.25, 0.3) is 11.5 Å². The second-order valence-corrected chi connectivity index (χ2v) is 8.27. The topological polar surface area (TPSA) is 94.2 Å². The molecule has 1 fully saturated rings. The molecule has 2 N–H and O–H groups in total. The molecular weight excluding hydrogens is 466 g/mol. The number of H-pyrrole nitrogens is 1. The molecule has 3 aromatic rings. The largest absolute Gasteiger partial charge is 0.365 e. The number of aromatic nitrogens is 3. The molecule has 0 spiro atoms. The van der Waals surface area contributed by atoms with E-state index in [4.69, 9.17) is 0 Å². The Balaban J connectivity index is 0.00000176. The molecule has 1 amide bonds. The van der Waals surface area contributed by atoms with Crippen LogP contribution in [0.3, 0.4) is 0 Å². The van der Waals surface area contributed by atoms with Crippen molar-refractivity contribution >= 4 is 22.5 Å². The van der Waals surface area contributed by atoms with Crippen molar-refractivity contribution < 1.29 is 13.6 Å². The highest BCUT2D eigenvalue weighted by molar-refractivity contribution is 5.92. The normalized spacial score (nSPS) is 13.8. The van der Waals surface area contributed by atoms with Gasteiger partial charge in [0.05, 0.1) is 16.6 Å². The Morgan fingerprint density at radius 2 is 1.83 bits per heavy atom. The first-order valence-electron chi connectivity index (χ1n) is 12.0. The predicted octanol–water partition coefficient (Wildman–Crippen LogP) is 3.29. The number of rotatable bonds is 7. The summed E-state index contributed by atoms with van der Waals surface area (Å²) >= 11 is 0. The van der Waals surface area contributed by atoms with Gasteiger partial charge in [-0.2, -0.15) is 4.39 Å². The van der Waals surface area contributed by atoms with Gasteiger partial charge in [0.1, 0.15) is 17.3 Å². The minimum atomic E-state index is -0.654. The minimum Gasteiger partial charge on any atom is -0.365 e. The summed E-state index contributed by atoms with van der Waals surface area (Å²) in [6.07, 6.45) is 1.17. The Morgan fingerprint density at radius 3 is 2.50 bits per heavy atom. The molecule has 0 saturated carbocycles. The number of hydrogen-bond acceptors (Lipinski definition) is 6. The molecule has 0 bridgehead atoms. The average Bonchev–Trinajstić information content (AvgIpc) is 2.89. The van der Waals surface area contributed by atoms with E-state index in [0.29, 0.717) is 49.5 Å². The highest BCUT2D eigenvalue weighted by Crippen LogP contribution is 2.20. The fourth-order valence-electron chi connectivity index (χ4n) is 4.03. The third-order valence-electron chi connectivity index (χ3n) is 5.88. The van der Waals surface area contributed by atoms with Gasteiger partial charge in [0, 0.05) is 46.2 Å². The molecule has 8 nitrogen and oxygen atoms in total. The van der Waals surface area contributed by atoms with Gasteiger partial charge >= 0.3 is 0 Å². The summed E-state index contributed by atoms with van der Waals surface area (Å²) < 4.78 is 27.8. The standard InChI is InChI=1S/C24H26F2N6O2.C2H6/c1-15(3-8-21-28-18-5-4-16(25)13-17(18)23(33)30-21)14-31-9-11-32(12-10-31)20-7-6-19(24(34)27-2)29-22(20)26;1-2/h4-7,13H,1,3,8-12,14H2,2H3,(H,27,34)(H,28,30,33);1-2H3. The van der Waals surface area contributed by atoms with Crippen LogP contribution >= 0.6 is 0 Å². The summed E-state index contributed by atoms with van der Waals surface area (Å²) in [6, 6.07) is 7.08. The molecule has 10 heteroatoms. The van der Waals surface area contributed by atoms with Crippen molar-refractivity contribution in [2.45, 2.75) is 26.7 Å². The number of nitrogens with one attached hydrogen (secondary N) is 2. The van der Waals surface area contributed by atoms with E-state index >= 15 is 0 Å². The van der Waals surface area contributed by atoms with Crippen molar-refractivity contribution in [2.75, 3.05) is 44.7 Å². The summed E-state index contributed by atoms with van der Waals surface area (Å²) in [5.41, 5.74) is 1.54. The molecule has 1 aliphatic heterocycles. The molecule has 2 aromatic heterocycles. The number of piperazine rings is 1. The second kappa shape index (κ2) is 12.3. The molecule has 192 valence electrons. The summed E-state index contributed by atoms with van der Waals surface area (Å²) in [7, 11) is 1.48. The maximum Gasteiger partial charge on any atom is 0.269 e. The van der Waals surface area contributed by atoms with E-state index in [1.54, 1.807) is 6.07 Å². The number of hydrogen-bond donors (Lipinski definition) is 2. The number of nitrogens with zero attached hydrogens (tertiary/aromatic N) is 4. The van der Waals surface area contributed by atoms with Crippen LogP contribution in [0.25, 0.3) is 10.9 Å². The van der Waals surface area contributed by atoms with E-state index in [1.165, 1.54) is 31.3 Å². The zero-order valence-corrected chi connectivity index (χ0v) is 20.9. The molecule has 0 unspecified atom stereocenters. The molecule has 3 heterocycles. The number of halogens is 2. The van der Waals surface area contributed by atoms with Crippen LogP contribution in [0.4, 0.5) is 14.5 Å². The van der Waals surface area contributed by atoms with Gasteiger partial charge in [-0.1, -0.05) is 26.0 Å². The highest BCUT2D eigenvalue weighted by Gasteiger charge is 2.21. The van der Waals surface area contributed by atoms with Gasteiger partial charge in [0.15, 0.2) is 0 Å². The van der Waals surface area contributed by atoms with Crippen molar-refractivity contribution in [3.63, 3.8) is 0 Å². The Hall–Kier alpha value is -3.66. The molecule has 1 aromatic carbocycles. The number of amides is 1. The van der Waals surface area contributed by atoms with Crippen LogP contribution in [0.5, 0.6) is 0 Å². The summed E-state index contributed by atoms with van der Waals surface area (Å²) in [5, 5.41) is 2.66. The molecule has 36 heavy (non-hydrogen) atoms. The molecule has 1 saturated heterocycles. The van der Waals surface area contributed by atoms with Crippen LogP contribution < -0.4 is 15.8 Å². The predicted molar refractivity (Wildman–Crippen MR) is 137 cm³/mol. The Kier molecular flexibility index (Phi) is 9.24. The SMILES string of the molecule is C=C(CCc1nc2ccc(F)cc2c(=O)[nH]1)CN1CCN(c2ccc(C(=O)NC)nc2F)CC1.CC. The van der Waals surface area contributed by atoms with Gasteiger partial charge in [-0.15, -0.1) is 0 Å². The Morgan fingerprint density at radius 1 is 1.11 bits per heavy atom. The number of carbonyl (C=O) groups is 1. The number of fused-ring (bicyclic) bond motifs is 1. The fraction of sp³-hybridized carbons (Fsp3) is 0.385. The zero-order valence-electron chi connectivity index (χ0n) is 20.9. The summed E-state index contributed by atoms with van der Waals surface area (Å²) in [6.45, 7) is 11.6. The van der Waals surface area contributed by atoms with E-state index in [2.05, 4.69) is 31.7 Å². The molecule has 4 rings (SSSR count). The molecule has 0 atom stereocenters. The Bertz CT molecular complexity index is 1290. The lowest BCUT2D eigenvalue weighted by Gasteiger charge is -2.36. The number of pyridine rings is 1. The maximum absolute atomic E-state index is 14.4. The van der Waals surface area contributed by atoms with Gasteiger partial charge in [-0.05, 0) is 36.8 Å². The van der Waals surface area contributed by atoms with Gasteiger partial charge in [-0.25, -0.2) is 14.4 Å². The highest BCUT2D eigenvalue weighted by atomic mass is 19.1. The van der Waals surface area contributed by atoms with E-state index in [9.17, 15) is 18.4 Å². The fourth-order valence-corrected chi connectivity index (χ4v) is 4.03. The smallest absolute Gasteiger partial charge is 0.269 e. The molecular formula is C26H32F2N6O2. The van der Waals surface area contributed by atoms with Gasteiger partial charge in [0.2, 0.25) is 5.95 Å². The Labute approximate surface area is 209 Å². The van der Waals surface area contributed by atoms with E-state index in [-0.39, 0.29) is 16.6 Å². The van der Waals surface area contributed by atoms with Crippen LogP contribution in [-0.2, 0) is 6.42 Å².